The van der Waals surface area contributed by atoms with Crippen molar-refractivity contribution in [2.75, 3.05) is 7.11 Å². The Bertz CT molecular complexity index is 1300. The molecule has 2 heterocycles. The molecule has 0 fully saturated rings. The summed E-state index contributed by atoms with van der Waals surface area (Å²) in [4.78, 5) is 16.9. The van der Waals surface area contributed by atoms with Crippen LogP contribution in [0.1, 0.15) is 15.9 Å². The maximum absolute atomic E-state index is 12.8. The number of benzene rings is 2. The Balaban J connectivity index is 1.44. The van der Waals surface area contributed by atoms with Crippen molar-refractivity contribution in [1.29, 1.82) is 0 Å². The topological polar surface area (TPSA) is 114 Å². The lowest BCUT2D eigenvalue weighted by molar-refractivity contribution is 0.0950. The van der Waals surface area contributed by atoms with Crippen molar-refractivity contribution in [3.63, 3.8) is 0 Å². The van der Waals surface area contributed by atoms with Crippen molar-refractivity contribution in [1.82, 2.24) is 20.5 Å². The highest BCUT2D eigenvalue weighted by Gasteiger charge is 2.17. The van der Waals surface area contributed by atoms with Gasteiger partial charge in [-0.1, -0.05) is 12.1 Å². The Morgan fingerprint density at radius 1 is 1.03 bits per heavy atom. The number of carbonyl (C=O) groups is 1. The molecule has 4 rings (SSSR count). The summed E-state index contributed by atoms with van der Waals surface area (Å²) >= 11 is 0. The second-order valence-corrected chi connectivity index (χ2v) is 8.49. The van der Waals surface area contributed by atoms with E-state index in [1.54, 1.807) is 36.5 Å². The van der Waals surface area contributed by atoms with Gasteiger partial charge in [0.25, 0.3) is 5.91 Å². The van der Waals surface area contributed by atoms with E-state index < -0.39 is 9.84 Å². The molecule has 0 aliphatic heterocycles. The molecule has 0 radical (unpaired) electrons. The van der Waals surface area contributed by atoms with Gasteiger partial charge in [-0.05, 0) is 48.0 Å². The number of hydrogen-bond acceptors (Lipinski definition) is 6. The van der Waals surface area contributed by atoms with Gasteiger partial charge < -0.3 is 10.1 Å². The maximum Gasteiger partial charge on any atom is 0.253 e. The van der Waals surface area contributed by atoms with Crippen LogP contribution < -0.4 is 10.1 Å². The third-order valence-electron chi connectivity index (χ3n) is 4.61. The molecule has 9 heteroatoms. The van der Waals surface area contributed by atoms with E-state index >= 15 is 0 Å². The molecule has 0 aliphatic rings. The van der Waals surface area contributed by atoms with Crippen molar-refractivity contribution in [2.24, 2.45) is 0 Å². The first-order valence-electron chi connectivity index (χ1n) is 9.03. The summed E-state index contributed by atoms with van der Waals surface area (Å²) < 4.78 is 30.6. The van der Waals surface area contributed by atoms with Crippen LogP contribution in [0.5, 0.6) is 5.75 Å². The van der Waals surface area contributed by atoms with E-state index in [2.05, 4.69) is 20.5 Å². The second-order valence-electron chi connectivity index (χ2n) is 6.54. The minimum atomic E-state index is -3.63. The zero-order valence-electron chi connectivity index (χ0n) is 16.0. The highest BCUT2D eigenvalue weighted by molar-refractivity contribution is 7.91. The molecule has 2 aromatic heterocycles. The molecule has 0 atom stereocenters. The summed E-state index contributed by atoms with van der Waals surface area (Å²) in [7, 11) is -2.11. The van der Waals surface area contributed by atoms with Gasteiger partial charge in [0, 0.05) is 18.1 Å². The molecule has 0 aliphatic carbocycles. The van der Waals surface area contributed by atoms with Gasteiger partial charge >= 0.3 is 0 Å². The smallest absolute Gasteiger partial charge is 0.253 e. The summed E-state index contributed by atoms with van der Waals surface area (Å²) in [5.41, 5.74) is 1.80. The number of amides is 1. The van der Waals surface area contributed by atoms with Crippen LogP contribution in [0.2, 0.25) is 0 Å². The number of hydrogen-bond donors (Lipinski definition) is 2. The number of rotatable bonds is 6. The monoisotopic (exact) mass is 422 g/mol. The molecule has 0 saturated heterocycles. The largest absolute Gasteiger partial charge is 0.497 e. The molecular formula is C21H18N4O4S. The fraction of sp³-hybridized carbons (Fsp3) is 0.0952. The number of pyridine rings is 1. The van der Waals surface area contributed by atoms with Crippen molar-refractivity contribution in [3.8, 4) is 5.75 Å². The fourth-order valence-corrected chi connectivity index (χ4v) is 4.18. The predicted molar refractivity (Wildman–Crippen MR) is 110 cm³/mol. The Labute approximate surface area is 172 Å². The van der Waals surface area contributed by atoms with Crippen LogP contribution in [0.15, 0.2) is 76.8 Å². The quantitative estimate of drug-likeness (QED) is 0.494. The van der Waals surface area contributed by atoms with Gasteiger partial charge in [-0.25, -0.2) is 13.4 Å². The lowest BCUT2D eigenvalue weighted by Crippen LogP contribution is -2.22. The third kappa shape index (κ3) is 3.87. The lowest BCUT2D eigenvalue weighted by Gasteiger charge is -2.08. The Morgan fingerprint density at radius 3 is 2.37 bits per heavy atom. The van der Waals surface area contributed by atoms with Gasteiger partial charge in [0.2, 0.25) is 9.84 Å². The minimum absolute atomic E-state index is 0.178. The summed E-state index contributed by atoms with van der Waals surface area (Å²) in [6.07, 6.45) is 3.07. The number of methoxy groups -OCH3 is 1. The summed E-state index contributed by atoms with van der Waals surface area (Å²) in [6, 6.07) is 14.3. The van der Waals surface area contributed by atoms with Crippen molar-refractivity contribution < 1.29 is 17.9 Å². The zero-order chi connectivity index (χ0) is 21.1. The number of carbonyl (C=O) groups excluding carboxylic acids is 1. The Morgan fingerprint density at radius 2 is 1.70 bits per heavy atom. The average molecular weight is 422 g/mol. The van der Waals surface area contributed by atoms with E-state index in [0.717, 1.165) is 10.9 Å². The molecule has 0 unspecified atom stereocenters. The summed E-state index contributed by atoms with van der Waals surface area (Å²) in [6.45, 7) is 0.255. The Kier molecular flexibility index (Phi) is 5.20. The molecule has 30 heavy (non-hydrogen) atoms. The standard InChI is InChI=1S/C21H18N4O4S/c1-29-17-4-8-19(9-5-17)30(27,28)18-6-2-14(3-7-18)11-23-21(26)16-10-15-13-24-25-20(15)22-12-16/h2-10,12-13H,11H2,1H3,(H,23,26)(H,22,24,25). The van der Waals surface area contributed by atoms with Crippen LogP contribution in [0, 0.1) is 0 Å². The van der Waals surface area contributed by atoms with Crippen LogP contribution in [-0.2, 0) is 16.4 Å². The molecule has 152 valence electrons. The number of aromatic nitrogens is 3. The summed E-state index contributed by atoms with van der Waals surface area (Å²) in [5.74, 6) is 0.308. The first kappa shape index (κ1) is 19.6. The molecule has 0 bridgehead atoms. The van der Waals surface area contributed by atoms with Crippen LogP contribution >= 0.6 is 0 Å². The molecule has 1 amide bonds. The van der Waals surface area contributed by atoms with Gasteiger partial charge in [0.15, 0.2) is 5.65 Å². The number of nitrogens with zero attached hydrogens (tertiary/aromatic N) is 2. The maximum atomic E-state index is 12.8. The zero-order valence-corrected chi connectivity index (χ0v) is 16.8. The fourth-order valence-electron chi connectivity index (χ4n) is 2.92. The van der Waals surface area contributed by atoms with Crippen molar-refractivity contribution >= 4 is 26.8 Å². The van der Waals surface area contributed by atoms with Crippen molar-refractivity contribution in [2.45, 2.75) is 16.3 Å². The number of ether oxygens (including phenoxy) is 1. The highest BCUT2D eigenvalue weighted by Crippen LogP contribution is 2.23. The Hall–Kier alpha value is -3.72. The molecule has 4 aromatic rings. The number of aromatic amines is 1. The number of fused-ring (bicyclic) bond motifs is 1. The first-order valence-corrected chi connectivity index (χ1v) is 10.5. The number of nitrogens with one attached hydrogen (secondary N) is 2. The van der Waals surface area contributed by atoms with Crippen LogP contribution in [0.4, 0.5) is 0 Å². The normalized spacial score (nSPS) is 11.4. The number of sulfone groups is 1. The first-order chi connectivity index (χ1) is 14.5. The molecule has 8 nitrogen and oxygen atoms in total. The van der Waals surface area contributed by atoms with E-state index in [1.807, 2.05) is 0 Å². The molecule has 2 N–H and O–H groups in total. The highest BCUT2D eigenvalue weighted by atomic mass is 32.2. The van der Waals surface area contributed by atoms with E-state index in [4.69, 9.17) is 4.74 Å². The van der Waals surface area contributed by atoms with E-state index in [-0.39, 0.29) is 22.2 Å². The average Bonchev–Trinajstić information content (AvgIpc) is 3.25. The van der Waals surface area contributed by atoms with E-state index in [0.29, 0.717) is 17.0 Å². The van der Waals surface area contributed by atoms with Crippen LogP contribution in [-0.4, -0.2) is 36.6 Å². The van der Waals surface area contributed by atoms with E-state index in [9.17, 15) is 13.2 Å². The summed E-state index contributed by atoms with van der Waals surface area (Å²) in [5, 5.41) is 10.2. The van der Waals surface area contributed by atoms with Gasteiger partial charge in [-0.15, -0.1) is 0 Å². The molecular weight excluding hydrogens is 404 g/mol. The minimum Gasteiger partial charge on any atom is -0.497 e. The third-order valence-corrected chi connectivity index (χ3v) is 6.40. The van der Waals surface area contributed by atoms with Crippen LogP contribution in [0.3, 0.4) is 0 Å². The number of H-pyrrole nitrogens is 1. The molecule has 2 aromatic carbocycles. The molecule has 0 spiro atoms. The van der Waals surface area contributed by atoms with Crippen LogP contribution in [0.25, 0.3) is 11.0 Å². The van der Waals surface area contributed by atoms with E-state index in [1.165, 1.54) is 37.6 Å². The SMILES string of the molecule is COc1ccc(S(=O)(=O)c2ccc(CNC(=O)c3cnc4[nH]ncc4c3)cc2)cc1. The predicted octanol–water partition coefficient (Wildman–Crippen LogP) is 2.73. The second kappa shape index (κ2) is 7.96. The van der Waals surface area contributed by atoms with Gasteiger partial charge in [0.05, 0.1) is 28.7 Å². The lowest BCUT2D eigenvalue weighted by atomic mass is 10.2. The molecule has 0 saturated carbocycles. The van der Waals surface area contributed by atoms with Gasteiger partial charge in [-0.3, -0.25) is 9.89 Å². The van der Waals surface area contributed by atoms with Crippen molar-refractivity contribution in [3.05, 3.63) is 78.1 Å². The van der Waals surface area contributed by atoms with Gasteiger partial charge in [0.1, 0.15) is 5.75 Å². The van der Waals surface area contributed by atoms with Gasteiger partial charge in [-0.2, -0.15) is 5.10 Å².